The first-order chi connectivity index (χ1) is 5.30. The Morgan fingerprint density at radius 1 is 1.00 bits per heavy atom. The highest BCUT2D eigenvalue weighted by Crippen LogP contribution is 2.10. The van der Waals surface area contributed by atoms with E-state index in [1.165, 1.54) is 32.4 Å². The molecule has 0 aromatic heterocycles. The molecule has 1 aliphatic rings. The van der Waals surface area contributed by atoms with Gasteiger partial charge < -0.3 is 10.0 Å². The summed E-state index contributed by atoms with van der Waals surface area (Å²) < 4.78 is 0. The number of aliphatic hydroxyl groups is 1. The highest BCUT2D eigenvalue weighted by atomic mass is 16.2. The van der Waals surface area contributed by atoms with Gasteiger partial charge in [-0.25, -0.2) is 0 Å². The number of nitrogens with zero attached hydrogens (tertiary/aromatic N) is 1. The molecule has 68 valence electrons. The molecule has 0 amide bonds. The number of likely N-dealkylation sites (tertiary alicyclic amines) is 1. The van der Waals surface area contributed by atoms with Crippen LogP contribution in [0.5, 0.6) is 0 Å². The third kappa shape index (κ3) is 4.38. The molecule has 1 rings (SSSR count). The van der Waals surface area contributed by atoms with E-state index in [2.05, 4.69) is 18.7 Å². The van der Waals surface area contributed by atoms with E-state index in [4.69, 9.17) is 5.11 Å². The minimum Gasteiger partial charge on any atom is -0.400 e. The summed E-state index contributed by atoms with van der Waals surface area (Å²) in [5.74, 6) is 0. The molecule has 0 aliphatic carbocycles. The summed E-state index contributed by atoms with van der Waals surface area (Å²) >= 11 is 0. The van der Waals surface area contributed by atoms with E-state index in [1.807, 2.05) is 0 Å². The molecule has 1 aliphatic heterocycles. The van der Waals surface area contributed by atoms with Gasteiger partial charge in [0.25, 0.3) is 0 Å². The summed E-state index contributed by atoms with van der Waals surface area (Å²) in [7, 11) is 1.00. The molecule has 0 radical (unpaired) electrons. The molecule has 0 unspecified atom stereocenters. The summed E-state index contributed by atoms with van der Waals surface area (Å²) in [4.78, 5) is 2.56. The van der Waals surface area contributed by atoms with Gasteiger partial charge in [0.2, 0.25) is 0 Å². The van der Waals surface area contributed by atoms with Crippen molar-refractivity contribution < 1.29 is 5.11 Å². The van der Waals surface area contributed by atoms with Crippen molar-refractivity contribution in [1.29, 1.82) is 0 Å². The predicted octanol–water partition coefficient (Wildman–Crippen LogP) is 1.49. The fraction of sp³-hybridized carbons (Fsp3) is 1.00. The van der Waals surface area contributed by atoms with Crippen LogP contribution in [-0.4, -0.2) is 36.2 Å². The fourth-order valence-electron chi connectivity index (χ4n) is 1.43. The molecule has 11 heavy (non-hydrogen) atoms. The summed E-state index contributed by atoms with van der Waals surface area (Å²) in [5, 5.41) is 7.00. The normalized spacial score (nSPS) is 19.4. The number of piperidine rings is 1. The molecule has 0 atom stereocenters. The molecule has 0 aromatic rings. The van der Waals surface area contributed by atoms with Crippen molar-refractivity contribution in [3.8, 4) is 0 Å². The van der Waals surface area contributed by atoms with Crippen LogP contribution in [0.15, 0.2) is 0 Å². The first-order valence-electron chi connectivity index (χ1n) is 4.49. The number of rotatable bonds is 1. The van der Waals surface area contributed by atoms with Gasteiger partial charge in [-0.1, -0.05) is 6.42 Å². The Bertz CT molecular complexity index is 77.6. The van der Waals surface area contributed by atoms with Gasteiger partial charge in [-0.3, -0.25) is 0 Å². The maximum atomic E-state index is 7.00. The second-order valence-electron chi connectivity index (χ2n) is 3.19. The van der Waals surface area contributed by atoms with Crippen LogP contribution in [0.2, 0.25) is 0 Å². The van der Waals surface area contributed by atoms with Crippen LogP contribution >= 0.6 is 0 Å². The lowest BCUT2D eigenvalue weighted by Gasteiger charge is -2.29. The minimum atomic E-state index is 0.769. The summed E-state index contributed by atoms with van der Waals surface area (Å²) in [5.41, 5.74) is 0. The highest BCUT2D eigenvalue weighted by Gasteiger charge is 2.11. The van der Waals surface area contributed by atoms with Crippen LogP contribution in [0.4, 0.5) is 0 Å². The van der Waals surface area contributed by atoms with Crippen molar-refractivity contribution in [2.45, 2.75) is 39.2 Å². The van der Waals surface area contributed by atoms with Gasteiger partial charge in [0, 0.05) is 13.2 Å². The van der Waals surface area contributed by atoms with Gasteiger partial charge in [-0.2, -0.15) is 0 Å². The Hall–Kier alpha value is -0.0800. The van der Waals surface area contributed by atoms with Gasteiger partial charge in [-0.15, -0.1) is 0 Å². The van der Waals surface area contributed by atoms with E-state index in [-0.39, 0.29) is 0 Å². The molecule has 0 saturated carbocycles. The Kier molecular flexibility index (Phi) is 6.57. The topological polar surface area (TPSA) is 23.5 Å². The molecule has 0 spiro atoms. The summed E-state index contributed by atoms with van der Waals surface area (Å²) in [6.45, 7) is 7.23. The van der Waals surface area contributed by atoms with Crippen LogP contribution in [-0.2, 0) is 0 Å². The fourth-order valence-corrected chi connectivity index (χ4v) is 1.43. The number of aliphatic hydroxyl groups excluding tert-OH is 1. The van der Waals surface area contributed by atoms with E-state index >= 15 is 0 Å². The second kappa shape index (κ2) is 6.62. The van der Waals surface area contributed by atoms with Crippen molar-refractivity contribution in [3.05, 3.63) is 0 Å². The first-order valence-corrected chi connectivity index (χ1v) is 4.49. The average molecular weight is 159 g/mol. The summed E-state index contributed by atoms with van der Waals surface area (Å²) in [6.07, 6.45) is 4.28. The molecular formula is C9H21NO. The van der Waals surface area contributed by atoms with Crippen molar-refractivity contribution in [2.24, 2.45) is 0 Å². The van der Waals surface area contributed by atoms with Crippen molar-refractivity contribution in [1.82, 2.24) is 4.90 Å². The van der Waals surface area contributed by atoms with E-state index in [0.29, 0.717) is 0 Å². The zero-order valence-electron chi connectivity index (χ0n) is 8.01. The van der Waals surface area contributed by atoms with Gasteiger partial charge in [0.15, 0.2) is 0 Å². The molecule has 1 saturated heterocycles. The minimum absolute atomic E-state index is 0.769. The second-order valence-corrected chi connectivity index (χ2v) is 3.19. The molecule has 0 bridgehead atoms. The third-order valence-corrected chi connectivity index (χ3v) is 2.12. The third-order valence-electron chi connectivity index (χ3n) is 2.12. The van der Waals surface area contributed by atoms with E-state index in [9.17, 15) is 0 Å². The molecular weight excluding hydrogens is 138 g/mol. The number of hydrogen-bond donors (Lipinski definition) is 1. The zero-order valence-corrected chi connectivity index (χ0v) is 8.01. The Labute approximate surface area is 70.2 Å². The van der Waals surface area contributed by atoms with E-state index in [0.717, 1.165) is 13.2 Å². The zero-order chi connectivity index (χ0) is 8.69. The van der Waals surface area contributed by atoms with Gasteiger partial charge >= 0.3 is 0 Å². The van der Waals surface area contributed by atoms with Crippen LogP contribution < -0.4 is 0 Å². The molecule has 2 heteroatoms. The number of hydrogen-bond acceptors (Lipinski definition) is 2. The van der Waals surface area contributed by atoms with Crippen molar-refractivity contribution in [2.75, 3.05) is 20.2 Å². The smallest absolute Gasteiger partial charge is 0.0319 e. The Morgan fingerprint density at radius 3 is 1.73 bits per heavy atom. The monoisotopic (exact) mass is 159 g/mol. The molecule has 2 nitrogen and oxygen atoms in total. The first kappa shape index (κ1) is 10.9. The van der Waals surface area contributed by atoms with Gasteiger partial charge in [-0.05, 0) is 39.8 Å². The van der Waals surface area contributed by atoms with Crippen molar-refractivity contribution >= 4 is 0 Å². The van der Waals surface area contributed by atoms with Crippen LogP contribution in [0, 0.1) is 0 Å². The Balaban J connectivity index is 0.000000461. The lowest BCUT2D eigenvalue weighted by atomic mass is 10.1. The standard InChI is InChI=1S/C8H17N.CH4O/c1-8(2)9-6-4-3-5-7-9;1-2/h8H,3-7H2,1-2H3;2H,1H3. The molecule has 1 fully saturated rings. The lowest BCUT2D eigenvalue weighted by Crippen LogP contribution is -2.35. The quantitative estimate of drug-likeness (QED) is 0.626. The van der Waals surface area contributed by atoms with Crippen LogP contribution in [0.3, 0.4) is 0 Å². The largest absolute Gasteiger partial charge is 0.400 e. The maximum absolute atomic E-state index is 7.00. The SMILES string of the molecule is CC(C)N1CCCCC1.CO. The molecule has 1 heterocycles. The van der Waals surface area contributed by atoms with Crippen molar-refractivity contribution in [3.63, 3.8) is 0 Å². The van der Waals surface area contributed by atoms with Gasteiger partial charge in [0.05, 0.1) is 0 Å². The van der Waals surface area contributed by atoms with Crippen LogP contribution in [0.25, 0.3) is 0 Å². The summed E-state index contributed by atoms with van der Waals surface area (Å²) in [6, 6.07) is 0.769. The maximum Gasteiger partial charge on any atom is 0.0319 e. The van der Waals surface area contributed by atoms with E-state index < -0.39 is 0 Å². The highest BCUT2D eigenvalue weighted by molar-refractivity contribution is 4.67. The van der Waals surface area contributed by atoms with Crippen LogP contribution in [0.1, 0.15) is 33.1 Å². The lowest BCUT2D eigenvalue weighted by molar-refractivity contribution is 0.185. The molecule has 0 aromatic carbocycles. The van der Waals surface area contributed by atoms with Gasteiger partial charge in [0.1, 0.15) is 0 Å². The molecule has 1 N–H and O–H groups in total. The average Bonchev–Trinajstić information content (AvgIpc) is 2.10. The van der Waals surface area contributed by atoms with E-state index in [1.54, 1.807) is 0 Å². The Morgan fingerprint density at radius 2 is 1.45 bits per heavy atom. The predicted molar refractivity (Wildman–Crippen MR) is 48.7 cm³/mol.